The minimum Gasteiger partial charge on any atom is -0.469 e. The van der Waals surface area contributed by atoms with Crippen LogP contribution in [0.3, 0.4) is 0 Å². The van der Waals surface area contributed by atoms with Gasteiger partial charge in [-0.2, -0.15) is 0 Å². The second-order valence-electron chi connectivity index (χ2n) is 11.1. The molecule has 0 saturated heterocycles. The van der Waals surface area contributed by atoms with E-state index in [1.807, 2.05) is 0 Å². The van der Waals surface area contributed by atoms with Crippen LogP contribution in [-0.4, -0.2) is 54.7 Å². The maximum absolute atomic E-state index is 12.0. The van der Waals surface area contributed by atoms with Gasteiger partial charge in [-0.05, 0) is 89.6 Å². The number of methoxy groups -OCH3 is 1. The van der Waals surface area contributed by atoms with Gasteiger partial charge in [0.25, 0.3) is 0 Å². The van der Waals surface area contributed by atoms with Crippen molar-refractivity contribution in [2.45, 2.75) is 116 Å². The van der Waals surface area contributed by atoms with Crippen LogP contribution in [-0.2, 0) is 23.2 Å². The van der Waals surface area contributed by atoms with Crippen LogP contribution in [0.2, 0.25) is 39.3 Å². The van der Waals surface area contributed by atoms with Crippen LogP contribution in [0, 0.1) is 11.8 Å². The van der Waals surface area contributed by atoms with E-state index >= 15 is 0 Å². The lowest BCUT2D eigenvalue weighted by molar-refractivity contribution is -0.141. The number of ether oxygens (including phenoxy) is 1. The van der Waals surface area contributed by atoms with Crippen LogP contribution in [0.4, 0.5) is 0 Å². The smallest absolute Gasteiger partial charge is 0.305 e. The number of nitrogens with zero attached hydrogens (tertiary/aromatic N) is 1. The predicted molar refractivity (Wildman–Crippen MR) is 137 cm³/mol. The number of hydrogen-bond donors (Lipinski definition) is 0. The Morgan fingerprint density at radius 3 is 1.81 bits per heavy atom. The molecule has 0 radical (unpaired) electrons. The first kappa shape index (κ1) is 29.3. The fourth-order valence-corrected chi connectivity index (χ4v) is 7.11. The van der Waals surface area contributed by atoms with E-state index in [0.29, 0.717) is 18.3 Å². The molecule has 0 heterocycles. The number of unbranched alkanes of at least 4 members (excludes halogenated alkanes) is 2. The Morgan fingerprint density at radius 2 is 1.38 bits per heavy atom. The monoisotopic (exact) mass is 487 g/mol. The number of hydrogen-bond acceptors (Lipinski definition) is 6. The summed E-state index contributed by atoms with van der Waals surface area (Å²) >= 11 is 0. The molecule has 0 aromatic rings. The summed E-state index contributed by atoms with van der Waals surface area (Å²) in [6.45, 7) is 15.7. The zero-order chi connectivity index (χ0) is 24.4. The number of carbonyl (C=O) groups is 1. The second-order valence-corrected chi connectivity index (χ2v) is 20.0. The first-order valence-corrected chi connectivity index (χ1v) is 19.2. The molecular formula is C24H49NO5Si2. The molecule has 1 fully saturated rings. The van der Waals surface area contributed by atoms with Crippen molar-refractivity contribution in [1.29, 1.82) is 0 Å². The van der Waals surface area contributed by atoms with Crippen molar-refractivity contribution in [3.63, 3.8) is 0 Å². The highest BCUT2D eigenvalue weighted by atomic mass is 28.4. The van der Waals surface area contributed by atoms with Gasteiger partial charge >= 0.3 is 5.97 Å². The first-order chi connectivity index (χ1) is 14.9. The summed E-state index contributed by atoms with van der Waals surface area (Å²) in [5.41, 5.74) is 1.13. The molecule has 32 heavy (non-hydrogen) atoms. The number of rotatable bonds is 15. The van der Waals surface area contributed by atoms with E-state index in [1.165, 1.54) is 20.0 Å². The summed E-state index contributed by atoms with van der Waals surface area (Å²) in [5, 5.41) is 4.33. The Bertz CT molecular complexity index is 586. The molecule has 1 saturated carbocycles. The van der Waals surface area contributed by atoms with Gasteiger partial charge in [-0.15, -0.1) is 0 Å². The Labute approximate surface area is 199 Å². The Hall–Kier alpha value is -0.706. The summed E-state index contributed by atoms with van der Waals surface area (Å²) in [6, 6.07) is 0. The third kappa shape index (κ3) is 11.4. The van der Waals surface area contributed by atoms with E-state index in [2.05, 4.69) is 51.4 Å². The zero-order valence-electron chi connectivity index (χ0n) is 22.2. The van der Waals surface area contributed by atoms with Crippen molar-refractivity contribution in [3.05, 3.63) is 0 Å². The van der Waals surface area contributed by atoms with E-state index in [-0.39, 0.29) is 18.2 Å². The first-order valence-electron chi connectivity index (χ1n) is 12.4. The molecule has 0 aromatic heterocycles. The van der Waals surface area contributed by atoms with Crippen LogP contribution in [0.5, 0.6) is 0 Å². The van der Waals surface area contributed by atoms with Crippen molar-refractivity contribution < 1.29 is 23.2 Å². The third-order valence-corrected chi connectivity index (χ3v) is 7.96. The molecule has 188 valence electrons. The number of esters is 1. The lowest BCUT2D eigenvalue weighted by Crippen LogP contribution is -2.35. The average Bonchev–Trinajstić information content (AvgIpc) is 2.96. The highest BCUT2D eigenvalue weighted by Gasteiger charge is 2.46. The molecule has 0 aliphatic heterocycles. The fraction of sp³-hybridized carbons (Fsp3) is 0.917. The molecular weight excluding hydrogens is 438 g/mol. The molecule has 0 bridgehead atoms. The van der Waals surface area contributed by atoms with Gasteiger partial charge in [0.1, 0.15) is 7.11 Å². The molecule has 0 unspecified atom stereocenters. The van der Waals surface area contributed by atoms with E-state index in [0.717, 1.165) is 44.2 Å². The lowest BCUT2D eigenvalue weighted by Gasteiger charge is -2.31. The molecule has 0 spiro atoms. The van der Waals surface area contributed by atoms with Crippen molar-refractivity contribution in [2.24, 2.45) is 17.0 Å². The maximum Gasteiger partial charge on any atom is 0.305 e. The minimum absolute atomic E-state index is 0.139. The van der Waals surface area contributed by atoms with Crippen LogP contribution in [0.25, 0.3) is 0 Å². The molecule has 4 atom stereocenters. The van der Waals surface area contributed by atoms with Gasteiger partial charge in [0.2, 0.25) is 0 Å². The van der Waals surface area contributed by atoms with Gasteiger partial charge in [-0.25, -0.2) is 0 Å². The molecule has 1 aliphatic rings. The van der Waals surface area contributed by atoms with Gasteiger partial charge in [-0.3, -0.25) is 4.79 Å². The van der Waals surface area contributed by atoms with Crippen molar-refractivity contribution in [3.8, 4) is 0 Å². The molecule has 0 amide bonds. The maximum atomic E-state index is 12.0. The quantitative estimate of drug-likeness (QED) is 0.0881. The van der Waals surface area contributed by atoms with E-state index in [9.17, 15) is 4.79 Å². The molecule has 1 rings (SSSR count). The highest BCUT2D eigenvalue weighted by Crippen LogP contribution is 2.44. The van der Waals surface area contributed by atoms with Crippen molar-refractivity contribution in [1.82, 2.24) is 0 Å². The van der Waals surface area contributed by atoms with Crippen LogP contribution in [0.1, 0.15) is 64.7 Å². The van der Waals surface area contributed by atoms with Gasteiger partial charge in [0.15, 0.2) is 16.6 Å². The summed E-state index contributed by atoms with van der Waals surface area (Å²) in [5.74, 6) is 0.494. The summed E-state index contributed by atoms with van der Waals surface area (Å²) < 4.78 is 18.3. The van der Waals surface area contributed by atoms with Crippen LogP contribution >= 0.6 is 0 Å². The van der Waals surface area contributed by atoms with Crippen molar-refractivity contribution >= 4 is 28.3 Å². The van der Waals surface area contributed by atoms with Gasteiger partial charge in [0.05, 0.1) is 25.0 Å². The zero-order valence-corrected chi connectivity index (χ0v) is 24.2. The molecule has 1 aliphatic carbocycles. The molecule has 8 heteroatoms. The van der Waals surface area contributed by atoms with Crippen LogP contribution in [0.15, 0.2) is 5.16 Å². The number of carbonyl (C=O) groups excluding carboxylic acids is 1. The van der Waals surface area contributed by atoms with Crippen molar-refractivity contribution in [2.75, 3.05) is 14.2 Å². The Kier molecular flexibility index (Phi) is 12.7. The van der Waals surface area contributed by atoms with E-state index < -0.39 is 16.6 Å². The molecule has 0 N–H and O–H groups in total. The normalized spacial score (nSPS) is 24.6. The van der Waals surface area contributed by atoms with Gasteiger partial charge in [-0.1, -0.05) is 24.9 Å². The summed E-state index contributed by atoms with van der Waals surface area (Å²) in [7, 11) is -0.359. The topological polar surface area (TPSA) is 66.4 Å². The standard InChI is InChI=1S/C24H49NO5Si2/c1-10-11-12-13-19(25-28-3)14-15-20-21(16-17-24(26)27-2)23(30-32(7,8)9)18-22(20)29-31(4,5)6/h20-23H,10-18H2,1-9H3/b25-19+/t20-,21-,22-,23+/m1/s1. The Balaban J connectivity index is 3.07. The van der Waals surface area contributed by atoms with E-state index in [1.54, 1.807) is 7.11 Å². The summed E-state index contributed by atoms with van der Waals surface area (Å²) in [4.78, 5) is 17.1. The highest BCUT2D eigenvalue weighted by molar-refractivity contribution is 6.70. The van der Waals surface area contributed by atoms with E-state index in [4.69, 9.17) is 18.4 Å². The SMILES string of the molecule is CCCCC/C(CC[C@@H]1[C@@H](CCC(=O)OC)[C@@H](O[Si](C)(C)C)C[C@H]1O[Si](C)(C)C)=N\OC. The number of oxime groups is 1. The van der Waals surface area contributed by atoms with Gasteiger partial charge < -0.3 is 18.4 Å². The molecule has 6 nitrogen and oxygen atoms in total. The largest absolute Gasteiger partial charge is 0.469 e. The Morgan fingerprint density at radius 1 is 0.844 bits per heavy atom. The average molecular weight is 488 g/mol. The predicted octanol–water partition coefficient (Wildman–Crippen LogP) is 6.38. The molecule has 0 aromatic carbocycles. The second kappa shape index (κ2) is 13.9. The third-order valence-electron chi connectivity index (χ3n) is 5.94. The van der Waals surface area contributed by atoms with Gasteiger partial charge in [0, 0.05) is 6.42 Å². The summed E-state index contributed by atoms with van der Waals surface area (Å²) in [6.07, 6.45) is 8.86. The van der Waals surface area contributed by atoms with Crippen LogP contribution < -0.4 is 0 Å². The fourth-order valence-electron chi connectivity index (χ4n) is 4.75. The minimum atomic E-state index is -1.73. The lowest BCUT2D eigenvalue weighted by atomic mass is 9.85.